The average molecular weight is 309 g/mol. The summed E-state index contributed by atoms with van der Waals surface area (Å²) < 4.78 is 1.78. The molecule has 0 saturated heterocycles. The van der Waals surface area contributed by atoms with E-state index >= 15 is 0 Å². The standard InChI is InChI=1S/C14H23N5OS/c1-8(6-7-18(3)4)16-13(20)12-11(15)10-9(2)17-19(5)14(10)21-12/h8H,6-7,15H2,1-5H3,(H,16,20). The fraction of sp³-hybridized carbons (Fsp3) is 0.571. The molecule has 0 aromatic carbocycles. The molecule has 0 spiro atoms. The molecule has 2 aromatic rings. The van der Waals surface area contributed by atoms with Crippen LogP contribution in [-0.4, -0.2) is 47.3 Å². The lowest BCUT2D eigenvalue weighted by molar-refractivity contribution is 0.0942. The highest BCUT2D eigenvalue weighted by atomic mass is 32.1. The van der Waals surface area contributed by atoms with E-state index < -0.39 is 0 Å². The molecule has 0 saturated carbocycles. The minimum absolute atomic E-state index is 0.0978. The fourth-order valence-corrected chi connectivity index (χ4v) is 3.40. The molecule has 0 aliphatic heterocycles. The number of fused-ring (bicyclic) bond motifs is 1. The predicted molar refractivity (Wildman–Crippen MR) is 87.8 cm³/mol. The van der Waals surface area contributed by atoms with E-state index in [0.717, 1.165) is 28.9 Å². The van der Waals surface area contributed by atoms with Crippen molar-refractivity contribution in [2.24, 2.45) is 7.05 Å². The number of nitrogens with one attached hydrogen (secondary N) is 1. The van der Waals surface area contributed by atoms with Crippen molar-refractivity contribution >= 4 is 33.1 Å². The second kappa shape index (κ2) is 6.03. The summed E-state index contributed by atoms with van der Waals surface area (Å²) in [5.74, 6) is -0.0978. The number of nitrogen functional groups attached to an aromatic ring is 1. The fourth-order valence-electron chi connectivity index (χ4n) is 2.31. The van der Waals surface area contributed by atoms with Crippen molar-refractivity contribution < 1.29 is 4.79 Å². The van der Waals surface area contributed by atoms with Gasteiger partial charge in [0.2, 0.25) is 0 Å². The number of carbonyl (C=O) groups excluding carboxylic acids is 1. The molecule has 0 aliphatic carbocycles. The summed E-state index contributed by atoms with van der Waals surface area (Å²) in [6, 6.07) is 0.115. The lowest BCUT2D eigenvalue weighted by atomic mass is 10.2. The molecule has 1 atom stereocenters. The van der Waals surface area contributed by atoms with Crippen molar-refractivity contribution in [3.8, 4) is 0 Å². The van der Waals surface area contributed by atoms with Gasteiger partial charge in [-0.1, -0.05) is 0 Å². The van der Waals surface area contributed by atoms with Gasteiger partial charge in [-0.2, -0.15) is 5.10 Å². The number of anilines is 1. The molecule has 0 radical (unpaired) electrons. The summed E-state index contributed by atoms with van der Waals surface area (Å²) in [7, 11) is 5.91. The molecule has 2 rings (SSSR count). The van der Waals surface area contributed by atoms with Crippen LogP contribution in [0.15, 0.2) is 0 Å². The van der Waals surface area contributed by atoms with Crippen LogP contribution >= 0.6 is 11.3 Å². The van der Waals surface area contributed by atoms with Gasteiger partial charge in [-0.25, -0.2) is 0 Å². The smallest absolute Gasteiger partial charge is 0.263 e. The molecule has 3 N–H and O–H groups in total. The molecule has 21 heavy (non-hydrogen) atoms. The lowest BCUT2D eigenvalue weighted by Gasteiger charge is -2.16. The van der Waals surface area contributed by atoms with Crippen LogP contribution in [-0.2, 0) is 7.05 Å². The normalized spacial score (nSPS) is 13.0. The maximum absolute atomic E-state index is 12.4. The monoisotopic (exact) mass is 309 g/mol. The van der Waals surface area contributed by atoms with Crippen LogP contribution in [0.5, 0.6) is 0 Å². The summed E-state index contributed by atoms with van der Waals surface area (Å²) in [5, 5.41) is 8.25. The van der Waals surface area contributed by atoms with Crippen LogP contribution in [0, 0.1) is 6.92 Å². The van der Waals surface area contributed by atoms with Gasteiger partial charge in [-0.3, -0.25) is 9.48 Å². The van der Waals surface area contributed by atoms with E-state index in [-0.39, 0.29) is 11.9 Å². The van der Waals surface area contributed by atoms with Gasteiger partial charge in [-0.15, -0.1) is 11.3 Å². The molecule has 0 aliphatic rings. The van der Waals surface area contributed by atoms with Crippen LogP contribution in [0.1, 0.15) is 28.7 Å². The van der Waals surface area contributed by atoms with Crippen molar-refractivity contribution in [3.63, 3.8) is 0 Å². The summed E-state index contributed by atoms with van der Waals surface area (Å²) in [4.78, 5) is 16.0. The van der Waals surface area contributed by atoms with Gasteiger partial charge in [-0.05, 0) is 40.9 Å². The Morgan fingerprint density at radius 3 is 2.76 bits per heavy atom. The number of nitrogens with zero attached hydrogens (tertiary/aromatic N) is 3. The quantitative estimate of drug-likeness (QED) is 0.879. The molecule has 0 bridgehead atoms. The third-order valence-corrected chi connectivity index (χ3v) is 4.75. The van der Waals surface area contributed by atoms with Crippen molar-refractivity contribution in [1.82, 2.24) is 20.0 Å². The molecule has 2 aromatic heterocycles. The first-order valence-electron chi connectivity index (χ1n) is 6.98. The van der Waals surface area contributed by atoms with E-state index in [2.05, 4.69) is 15.3 Å². The third kappa shape index (κ3) is 3.19. The van der Waals surface area contributed by atoms with Gasteiger partial charge in [0.25, 0.3) is 5.91 Å². The Bertz CT molecular complexity index is 658. The lowest BCUT2D eigenvalue weighted by Crippen LogP contribution is -2.34. The number of aryl methyl sites for hydroxylation is 2. The Morgan fingerprint density at radius 1 is 1.52 bits per heavy atom. The largest absolute Gasteiger partial charge is 0.397 e. The third-order valence-electron chi connectivity index (χ3n) is 3.48. The van der Waals surface area contributed by atoms with Crippen LogP contribution < -0.4 is 11.1 Å². The van der Waals surface area contributed by atoms with Crippen molar-refractivity contribution in [1.29, 1.82) is 0 Å². The van der Waals surface area contributed by atoms with E-state index in [1.54, 1.807) is 4.68 Å². The molecule has 0 fully saturated rings. The van der Waals surface area contributed by atoms with Gasteiger partial charge in [0, 0.05) is 13.1 Å². The number of hydrogen-bond acceptors (Lipinski definition) is 5. The maximum Gasteiger partial charge on any atom is 0.263 e. The minimum Gasteiger partial charge on any atom is -0.397 e. The number of hydrogen-bond donors (Lipinski definition) is 2. The van der Waals surface area contributed by atoms with Crippen molar-refractivity contribution in [3.05, 3.63) is 10.6 Å². The topological polar surface area (TPSA) is 76.2 Å². The highest BCUT2D eigenvalue weighted by Gasteiger charge is 2.21. The molecule has 6 nitrogen and oxygen atoms in total. The Balaban J connectivity index is 2.16. The van der Waals surface area contributed by atoms with Crippen LogP contribution in [0.25, 0.3) is 10.2 Å². The zero-order valence-electron chi connectivity index (χ0n) is 13.2. The average Bonchev–Trinajstić information content (AvgIpc) is 2.87. The first kappa shape index (κ1) is 15.8. The van der Waals surface area contributed by atoms with Crippen LogP contribution in [0.3, 0.4) is 0 Å². The molecular formula is C14H23N5OS. The Labute approximate surface area is 128 Å². The number of amides is 1. The number of nitrogens with two attached hydrogens (primary N) is 1. The summed E-state index contributed by atoms with van der Waals surface area (Å²) in [6.45, 7) is 4.86. The summed E-state index contributed by atoms with van der Waals surface area (Å²) in [6.07, 6.45) is 0.907. The number of aromatic nitrogens is 2. The van der Waals surface area contributed by atoms with Crippen LogP contribution in [0.2, 0.25) is 0 Å². The van der Waals surface area contributed by atoms with Crippen molar-refractivity contribution in [2.75, 3.05) is 26.4 Å². The Hall–Kier alpha value is -1.60. The summed E-state index contributed by atoms with van der Waals surface area (Å²) in [5.41, 5.74) is 7.54. The molecule has 116 valence electrons. The maximum atomic E-state index is 12.4. The second-order valence-electron chi connectivity index (χ2n) is 5.70. The molecule has 2 heterocycles. The Kier molecular flexibility index (Phi) is 4.53. The molecule has 7 heteroatoms. The predicted octanol–water partition coefficient (Wildman–Crippen LogP) is 1.60. The first-order chi connectivity index (χ1) is 9.81. The van der Waals surface area contributed by atoms with Crippen molar-refractivity contribution in [2.45, 2.75) is 26.3 Å². The molecule has 1 amide bonds. The number of carbonyl (C=O) groups is 1. The van der Waals surface area contributed by atoms with Gasteiger partial charge in [0.05, 0.1) is 16.8 Å². The van der Waals surface area contributed by atoms with E-state index in [1.165, 1.54) is 11.3 Å². The second-order valence-corrected chi connectivity index (χ2v) is 6.70. The van der Waals surface area contributed by atoms with Gasteiger partial charge >= 0.3 is 0 Å². The zero-order valence-corrected chi connectivity index (χ0v) is 14.0. The number of thiophene rings is 1. The van der Waals surface area contributed by atoms with Gasteiger partial charge in [0.1, 0.15) is 9.71 Å². The highest BCUT2D eigenvalue weighted by Crippen LogP contribution is 2.35. The molecule has 1 unspecified atom stereocenters. The van der Waals surface area contributed by atoms with E-state index in [4.69, 9.17) is 5.73 Å². The SMILES string of the molecule is Cc1nn(C)c2sc(C(=O)NC(C)CCN(C)C)c(N)c12. The minimum atomic E-state index is -0.0978. The van der Waals surface area contributed by atoms with Gasteiger partial charge in [0.15, 0.2) is 0 Å². The number of rotatable bonds is 5. The van der Waals surface area contributed by atoms with E-state index in [9.17, 15) is 4.79 Å². The highest BCUT2D eigenvalue weighted by molar-refractivity contribution is 7.21. The first-order valence-corrected chi connectivity index (χ1v) is 7.80. The van der Waals surface area contributed by atoms with Crippen LogP contribution in [0.4, 0.5) is 5.69 Å². The van der Waals surface area contributed by atoms with E-state index in [1.807, 2.05) is 35.0 Å². The molecular weight excluding hydrogens is 286 g/mol. The van der Waals surface area contributed by atoms with E-state index in [0.29, 0.717) is 10.6 Å². The zero-order chi connectivity index (χ0) is 15.7. The summed E-state index contributed by atoms with van der Waals surface area (Å²) >= 11 is 1.40. The Morgan fingerprint density at radius 2 is 2.19 bits per heavy atom. The van der Waals surface area contributed by atoms with Gasteiger partial charge < -0.3 is 16.0 Å².